The van der Waals surface area contributed by atoms with Crippen molar-refractivity contribution in [1.82, 2.24) is 15.1 Å². The van der Waals surface area contributed by atoms with Gasteiger partial charge < -0.3 is 10.2 Å². The molecular formula is C20H22N4OS2. The summed E-state index contributed by atoms with van der Waals surface area (Å²) in [6.45, 7) is 4.56. The van der Waals surface area contributed by atoms with Crippen LogP contribution in [0.3, 0.4) is 0 Å². The smallest absolute Gasteiger partial charge is 0.235 e. The Hall–Kier alpha value is -2.38. The Morgan fingerprint density at radius 3 is 2.56 bits per heavy atom. The largest absolute Gasteiger partial charge is 0.340 e. The normalized spacial score (nSPS) is 11.8. The van der Waals surface area contributed by atoms with E-state index in [1.165, 1.54) is 28.7 Å². The Morgan fingerprint density at radius 2 is 1.85 bits per heavy atom. The van der Waals surface area contributed by atoms with Crippen LogP contribution in [0.15, 0.2) is 58.9 Å². The molecule has 1 atom stereocenters. The van der Waals surface area contributed by atoms with Gasteiger partial charge in [-0.15, -0.1) is 10.2 Å². The Kier molecular flexibility index (Phi) is 6.47. The predicted octanol–water partition coefficient (Wildman–Crippen LogP) is 4.73. The minimum atomic E-state index is -0.223. The van der Waals surface area contributed by atoms with E-state index < -0.39 is 0 Å². The second kappa shape index (κ2) is 9.01. The third-order valence-corrected chi connectivity index (χ3v) is 5.98. The summed E-state index contributed by atoms with van der Waals surface area (Å²) in [6.07, 6.45) is 0. The van der Waals surface area contributed by atoms with Gasteiger partial charge in [0.2, 0.25) is 11.0 Å². The summed E-state index contributed by atoms with van der Waals surface area (Å²) in [6, 6.07) is 18.1. The minimum absolute atomic E-state index is 0.0760. The number of anilines is 2. The molecule has 140 valence electrons. The Morgan fingerprint density at radius 1 is 1.15 bits per heavy atom. The number of aromatic nitrogens is 2. The highest BCUT2D eigenvalue weighted by Gasteiger charge is 2.20. The Labute approximate surface area is 167 Å². The number of hydrogen-bond acceptors (Lipinski definition) is 6. The number of rotatable bonds is 7. The lowest BCUT2D eigenvalue weighted by Gasteiger charge is -2.20. The summed E-state index contributed by atoms with van der Waals surface area (Å²) >= 11 is 2.89. The molecule has 0 spiro atoms. The molecule has 3 aromatic rings. The molecule has 0 unspecified atom stereocenters. The van der Waals surface area contributed by atoms with Crippen molar-refractivity contribution in [2.45, 2.75) is 30.0 Å². The fourth-order valence-electron chi connectivity index (χ4n) is 2.52. The zero-order valence-corrected chi connectivity index (χ0v) is 17.2. The van der Waals surface area contributed by atoms with Crippen molar-refractivity contribution in [3.63, 3.8) is 0 Å². The van der Waals surface area contributed by atoms with Gasteiger partial charge in [-0.1, -0.05) is 71.1 Å². The molecular weight excluding hydrogens is 376 g/mol. The van der Waals surface area contributed by atoms with Crippen LogP contribution in [0.25, 0.3) is 0 Å². The number of amides is 1. The van der Waals surface area contributed by atoms with E-state index in [9.17, 15) is 4.79 Å². The van der Waals surface area contributed by atoms with E-state index in [1.54, 1.807) is 4.90 Å². The van der Waals surface area contributed by atoms with Crippen LogP contribution in [0.2, 0.25) is 0 Å². The maximum atomic E-state index is 12.6. The molecule has 0 aliphatic rings. The summed E-state index contributed by atoms with van der Waals surface area (Å²) in [5.74, 6) is 0.0760. The molecule has 0 bridgehead atoms. The second-order valence-corrected chi connectivity index (χ2v) is 8.87. The number of nitrogens with one attached hydrogen (secondary N) is 1. The van der Waals surface area contributed by atoms with Gasteiger partial charge in [-0.2, -0.15) is 0 Å². The highest BCUT2D eigenvalue weighted by molar-refractivity contribution is 8.02. The van der Waals surface area contributed by atoms with Crippen LogP contribution >= 0.6 is 23.1 Å². The predicted molar refractivity (Wildman–Crippen MR) is 113 cm³/mol. The summed E-state index contributed by atoms with van der Waals surface area (Å²) < 4.78 is 0.776. The molecule has 1 heterocycles. The van der Waals surface area contributed by atoms with E-state index in [0.717, 1.165) is 20.7 Å². The van der Waals surface area contributed by atoms with Crippen LogP contribution < -0.4 is 5.32 Å². The highest BCUT2D eigenvalue weighted by Crippen LogP contribution is 2.31. The molecule has 7 heteroatoms. The summed E-state index contributed by atoms with van der Waals surface area (Å²) in [4.78, 5) is 14.4. The lowest BCUT2D eigenvalue weighted by Crippen LogP contribution is -2.32. The summed E-state index contributed by atoms with van der Waals surface area (Å²) in [5, 5.41) is 12.1. The molecule has 3 rings (SSSR count). The van der Waals surface area contributed by atoms with Crippen molar-refractivity contribution >= 4 is 39.8 Å². The number of aryl methyl sites for hydroxylation is 1. The van der Waals surface area contributed by atoms with E-state index in [2.05, 4.69) is 22.4 Å². The molecule has 0 aliphatic carbocycles. The summed E-state index contributed by atoms with van der Waals surface area (Å²) in [7, 11) is 1.83. The van der Waals surface area contributed by atoms with Gasteiger partial charge in [0.25, 0.3) is 0 Å². The van der Waals surface area contributed by atoms with Gasteiger partial charge in [-0.25, -0.2) is 0 Å². The van der Waals surface area contributed by atoms with Crippen molar-refractivity contribution < 1.29 is 4.79 Å². The quantitative estimate of drug-likeness (QED) is 0.583. The van der Waals surface area contributed by atoms with Crippen molar-refractivity contribution in [2.75, 3.05) is 12.4 Å². The first kappa shape index (κ1) is 19.4. The fraction of sp³-hybridized carbons (Fsp3) is 0.250. The zero-order chi connectivity index (χ0) is 19.2. The zero-order valence-electron chi connectivity index (χ0n) is 15.5. The number of carbonyl (C=O) groups is 1. The van der Waals surface area contributed by atoms with E-state index in [0.29, 0.717) is 6.54 Å². The van der Waals surface area contributed by atoms with Gasteiger partial charge in [-0.05, 0) is 31.5 Å². The molecule has 0 radical (unpaired) electrons. The number of nitrogens with zero attached hydrogens (tertiary/aromatic N) is 3. The SMILES string of the molecule is Cc1ccc(Nc2nnc(S[C@@H](C)C(=O)N(C)Cc3ccccc3)s2)cc1. The molecule has 0 aliphatic heterocycles. The maximum absolute atomic E-state index is 12.6. The van der Waals surface area contributed by atoms with Crippen LogP contribution in [-0.4, -0.2) is 33.3 Å². The standard InChI is InChI=1S/C20H22N4OS2/c1-14-9-11-17(12-10-14)21-19-22-23-20(27-19)26-15(2)18(25)24(3)13-16-7-5-4-6-8-16/h4-12,15H,13H2,1-3H3,(H,21,22)/t15-/m0/s1. The lowest BCUT2D eigenvalue weighted by atomic mass is 10.2. The Bertz CT molecular complexity index is 881. The molecule has 27 heavy (non-hydrogen) atoms. The number of carbonyl (C=O) groups excluding carboxylic acids is 1. The fourth-order valence-corrected chi connectivity index (χ4v) is 4.55. The molecule has 1 aromatic heterocycles. The number of thioether (sulfide) groups is 1. The van der Waals surface area contributed by atoms with Gasteiger partial charge in [0.1, 0.15) is 0 Å². The van der Waals surface area contributed by atoms with Crippen molar-refractivity contribution in [3.8, 4) is 0 Å². The van der Waals surface area contributed by atoms with Gasteiger partial charge in [0, 0.05) is 19.3 Å². The average molecular weight is 399 g/mol. The highest BCUT2D eigenvalue weighted by atomic mass is 32.2. The van der Waals surface area contributed by atoms with Crippen LogP contribution in [0.1, 0.15) is 18.1 Å². The molecule has 0 saturated carbocycles. The first-order valence-electron chi connectivity index (χ1n) is 8.64. The van der Waals surface area contributed by atoms with E-state index in [4.69, 9.17) is 0 Å². The minimum Gasteiger partial charge on any atom is -0.340 e. The maximum Gasteiger partial charge on any atom is 0.235 e. The number of hydrogen-bond donors (Lipinski definition) is 1. The third-order valence-electron chi connectivity index (χ3n) is 3.97. The van der Waals surface area contributed by atoms with Crippen LogP contribution in [-0.2, 0) is 11.3 Å². The molecule has 1 amide bonds. The van der Waals surface area contributed by atoms with Gasteiger partial charge in [-0.3, -0.25) is 4.79 Å². The van der Waals surface area contributed by atoms with E-state index >= 15 is 0 Å². The summed E-state index contributed by atoms with van der Waals surface area (Å²) in [5.41, 5.74) is 3.30. The van der Waals surface area contributed by atoms with Gasteiger partial charge in [0.15, 0.2) is 4.34 Å². The first-order valence-corrected chi connectivity index (χ1v) is 10.3. The Balaban J connectivity index is 1.55. The van der Waals surface area contributed by atoms with Crippen LogP contribution in [0, 0.1) is 6.92 Å². The van der Waals surface area contributed by atoms with Crippen molar-refractivity contribution in [1.29, 1.82) is 0 Å². The second-order valence-electron chi connectivity index (χ2n) is 6.30. The number of benzene rings is 2. The van der Waals surface area contributed by atoms with Crippen LogP contribution in [0.5, 0.6) is 0 Å². The van der Waals surface area contributed by atoms with Crippen molar-refractivity contribution in [2.24, 2.45) is 0 Å². The van der Waals surface area contributed by atoms with Gasteiger partial charge in [0.05, 0.1) is 5.25 Å². The van der Waals surface area contributed by atoms with Crippen molar-refractivity contribution in [3.05, 3.63) is 65.7 Å². The molecule has 1 N–H and O–H groups in total. The topological polar surface area (TPSA) is 58.1 Å². The first-order chi connectivity index (χ1) is 13.0. The van der Waals surface area contributed by atoms with E-state index in [1.807, 2.05) is 68.6 Å². The molecule has 5 nitrogen and oxygen atoms in total. The monoisotopic (exact) mass is 398 g/mol. The third kappa shape index (κ3) is 5.55. The van der Waals surface area contributed by atoms with Crippen LogP contribution in [0.4, 0.5) is 10.8 Å². The average Bonchev–Trinajstić information content (AvgIpc) is 3.10. The lowest BCUT2D eigenvalue weighted by molar-refractivity contribution is -0.129. The molecule has 0 saturated heterocycles. The van der Waals surface area contributed by atoms with Gasteiger partial charge >= 0.3 is 0 Å². The molecule has 2 aromatic carbocycles. The van der Waals surface area contributed by atoms with E-state index in [-0.39, 0.29) is 11.2 Å². The molecule has 0 fully saturated rings.